The van der Waals surface area contributed by atoms with Crippen molar-refractivity contribution >= 4 is 23.2 Å². The Morgan fingerprint density at radius 3 is 2.52 bits per heavy atom. The SMILES string of the molecule is CC(C)N1C(=O)CC(C(=O)O)C1c1csc(C(C)(C)C)n1. The van der Waals surface area contributed by atoms with E-state index in [0.29, 0.717) is 5.69 Å². The van der Waals surface area contributed by atoms with E-state index >= 15 is 0 Å². The molecule has 1 aromatic rings. The van der Waals surface area contributed by atoms with Gasteiger partial charge < -0.3 is 10.0 Å². The predicted molar refractivity (Wildman–Crippen MR) is 81.3 cm³/mol. The first-order chi connectivity index (χ1) is 9.62. The maximum Gasteiger partial charge on any atom is 0.309 e. The topological polar surface area (TPSA) is 70.5 Å². The summed E-state index contributed by atoms with van der Waals surface area (Å²) < 4.78 is 0. The normalized spacial score (nSPS) is 23.1. The van der Waals surface area contributed by atoms with Crippen LogP contribution >= 0.6 is 11.3 Å². The molecule has 5 nitrogen and oxygen atoms in total. The minimum atomic E-state index is -0.929. The van der Waals surface area contributed by atoms with Crippen LogP contribution in [0.1, 0.15) is 57.8 Å². The molecular formula is C15H22N2O3S. The van der Waals surface area contributed by atoms with Crippen LogP contribution in [-0.4, -0.2) is 32.9 Å². The fourth-order valence-electron chi connectivity index (χ4n) is 2.70. The summed E-state index contributed by atoms with van der Waals surface area (Å²) in [5, 5.41) is 12.3. The zero-order valence-corrected chi connectivity index (χ0v) is 13.9. The van der Waals surface area contributed by atoms with Gasteiger partial charge in [-0.1, -0.05) is 20.8 Å². The van der Waals surface area contributed by atoms with E-state index in [4.69, 9.17) is 0 Å². The van der Waals surface area contributed by atoms with Crippen molar-refractivity contribution in [3.8, 4) is 0 Å². The van der Waals surface area contributed by atoms with Gasteiger partial charge in [-0.05, 0) is 13.8 Å². The van der Waals surface area contributed by atoms with Crippen molar-refractivity contribution < 1.29 is 14.7 Å². The second-order valence-corrected chi connectivity index (χ2v) is 7.67. The molecule has 116 valence electrons. The standard InChI is InChI=1S/C15H22N2O3S/c1-8(2)17-11(18)6-9(13(19)20)12(17)10-7-21-14(16-10)15(3,4)5/h7-9,12H,6H2,1-5H3,(H,19,20). The number of hydrogen-bond donors (Lipinski definition) is 1. The molecule has 1 fully saturated rings. The molecule has 0 bridgehead atoms. The zero-order valence-electron chi connectivity index (χ0n) is 13.1. The van der Waals surface area contributed by atoms with E-state index in [1.54, 1.807) is 4.90 Å². The lowest BCUT2D eigenvalue weighted by Gasteiger charge is -2.29. The fourth-order valence-corrected chi connectivity index (χ4v) is 3.64. The highest BCUT2D eigenvalue weighted by Crippen LogP contribution is 2.41. The van der Waals surface area contributed by atoms with Crippen molar-refractivity contribution in [1.29, 1.82) is 0 Å². The van der Waals surface area contributed by atoms with Gasteiger partial charge in [-0.3, -0.25) is 9.59 Å². The van der Waals surface area contributed by atoms with Gasteiger partial charge in [0, 0.05) is 23.3 Å². The Morgan fingerprint density at radius 2 is 2.10 bits per heavy atom. The van der Waals surface area contributed by atoms with Gasteiger partial charge in [0.2, 0.25) is 5.91 Å². The molecule has 0 spiro atoms. The average Bonchev–Trinajstić information content (AvgIpc) is 2.90. The Balaban J connectivity index is 2.43. The summed E-state index contributed by atoms with van der Waals surface area (Å²) >= 11 is 1.53. The lowest BCUT2D eigenvalue weighted by molar-refractivity contribution is -0.142. The van der Waals surface area contributed by atoms with E-state index in [-0.39, 0.29) is 23.8 Å². The number of carboxylic acids is 1. The van der Waals surface area contributed by atoms with Crippen molar-refractivity contribution in [3.63, 3.8) is 0 Å². The summed E-state index contributed by atoms with van der Waals surface area (Å²) in [4.78, 5) is 29.9. The molecule has 1 aliphatic rings. The monoisotopic (exact) mass is 310 g/mol. The van der Waals surface area contributed by atoms with Crippen LogP contribution in [0.15, 0.2) is 5.38 Å². The van der Waals surface area contributed by atoms with Gasteiger partial charge in [0.15, 0.2) is 0 Å². The summed E-state index contributed by atoms with van der Waals surface area (Å²) in [7, 11) is 0. The quantitative estimate of drug-likeness (QED) is 0.932. The van der Waals surface area contributed by atoms with Gasteiger partial charge in [0.1, 0.15) is 0 Å². The molecule has 0 aromatic carbocycles. The number of nitrogens with zero attached hydrogens (tertiary/aromatic N) is 2. The van der Waals surface area contributed by atoms with Gasteiger partial charge in [0.05, 0.1) is 22.7 Å². The fraction of sp³-hybridized carbons (Fsp3) is 0.667. The first-order valence-electron chi connectivity index (χ1n) is 7.12. The molecule has 0 radical (unpaired) electrons. The van der Waals surface area contributed by atoms with Crippen LogP contribution in [0.5, 0.6) is 0 Å². The number of carboxylic acid groups (broad SMARTS) is 1. The van der Waals surface area contributed by atoms with E-state index in [0.717, 1.165) is 5.01 Å². The number of amides is 1. The van der Waals surface area contributed by atoms with Gasteiger partial charge in [-0.15, -0.1) is 11.3 Å². The van der Waals surface area contributed by atoms with Crippen molar-refractivity contribution in [2.75, 3.05) is 0 Å². The molecule has 1 saturated heterocycles. The Kier molecular flexibility index (Phi) is 4.10. The number of likely N-dealkylation sites (tertiary alicyclic amines) is 1. The van der Waals surface area contributed by atoms with E-state index < -0.39 is 17.9 Å². The van der Waals surface area contributed by atoms with Crippen LogP contribution in [0, 0.1) is 5.92 Å². The van der Waals surface area contributed by atoms with E-state index in [2.05, 4.69) is 25.8 Å². The molecule has 1 aromatic heterocycles. The third-order valence-electron chi connectivity index (χ3n) is 3.70. The van der Waals surface area contributed by atoms with Gasteiger partial charge in [0.25, 0.3) is 0 Å². The number of hydrogen-bond acceptors (Lipinski definition) is 4. The van der Waals surface area contributed by atoms with Crippen LogP contribution in [-0.2, 0) is 15.0 Å². The number of rotatable bonds is 3. The van der Waals surface area contributed by atoms with E-state index in [1.165, 1.54) is 11.3 Å². The number of aliphatic carboxylic acids is 1. The van der Waals surface area contributed by atoms with Crippen LogP contribution in [0.3, 0.4) is 0 Å². The lowest BCUT2D eigenvalue weighted by atomic mass is 9.96. The van der Waals surface area contributed by atoms with Crippen molar-refractivity contribution in [2.45, 2.75) is 58.5 Å². The zero-order chi connectivity index (χ0) is 15.9. The van der Waals surface area contributed by atoms with Gasteiger partial charge in [-0.25, -0.2) is 4.98 Å². The molecule has 2 rings (SSSR count). The first-order valence-corrected chi connectivity index (χ1v) is 8.00. The summed E-state index contributed by atoms with van der Waals surface area (Å²) in [6, 6.07) is -0.492. The van der Waals surface area contributed by atoms with E-state index in [1.807, 2.05) is 19.2 Å². The number of aromatic nitrogens is 1. The first kappa shape index (κ1) is 15.9. The Bertz CT molecular complexity index is 560. The number of carbonyl (C=O) groups excluding carboxylic acids is 1. The molecule has 1 N–H and O–H groups in total. The van der Waals surface area contributed by atoms with Crippen LogP contribution in [0.2, 0.25) is 0 Å². The van der Waals surface area contributed by atoms with Crippen LogP contribution in [0.25, 0.3) is 0 Å². The third-order valence-corrected chi connectivity index (χ3v) is 4.99. The van der Waals surface area contributed by atoms with Crippen molar-refractivity contribution in [2.24, 2.45) is 5.92 Å². The average molecular weight is 310 g/mol. The molecule has 6 heteroatoms. The third kappa shape index (κ3) is 2.95. The lowest BCUT2D eigenvalue weighted by Crippen LogP contribution is -2.36. The maximum atomic E-state index is 12.2. The summed E-state index contributed by atoms with van der Waals surface area (Å²) in [5.41, 5.74) is 0.629. The van der Waals surface area contributed by atoms with E-state index in [9.17, 15) is 14.7 Å². The minimum Gasteiger partial charge on any atom is -0.481 e. The highest BCUT2D eigenvalue weighted by molar-refractivity contribution is 7.09. The Hall–Kier alpha value is -1.43. The van der Waals surface area contributed by atoms with Crippen LogP contribution < -0.4 is 0 Å². The highest BCUT2D eigenvalue weighted by Gasteiger charge is 2.46. The Morgan fingerprint density at radius 1 is 1.48 bits per heavy atom. The maximum absolute atomic E-state index is 12.2. The molecule has 0 saturated carbocycles. The highest BCUT2D eigenvalue weighted by atomic mass is 32.1. The largest absolute Gasteiger partial charge is 0.481 e. The summed E-state index contributed by atoms with van der Waals surface area (Å²) in [6.07, 6.45) is 0.0561. The van der Waals surface area contributed by atoms with Gasteiger partial charge in [-0.2, -0.15) is 0 Å². The molecule has 1 aliphatic heterocycles. The molecule has 2 unspecified atom stereocenters. The smallest absolute Gasteiger partial charge is 0.309 e. The molecule has 2 heterocycles. The van der Waals surface area contributed by atoms with Crippen LogP contribution in [0.4, 0.5) is 0 Å². The van der Waals surface area contributed by atoms with Crippen molar-refractivity contribution in [3.05, 3.63) is 16.1 Å². The molecule has 0 aliphatic carbocycles. The predicted octanol–water partition coefficient (Wildman–Crippen LogP) is 2.82. The summed E-state index contributed by atoms with van der Waals surface area (Å²) in [6.45, 7) is 10.0. The second kappa shape index (κ2) is 5.40. The molecule has 2 atom stereocenters. The Labute approximate surface area is 129 Å². The molecular weight excluding hydrogens is 288 g/mol. The van der Waals surface area contributed by atoms with Gasteiger partial charge >= 0.3 is 5.97 Å². The summed E-state index contributed by atoms with van der Waals surface area (Å²) in [5.74, 6) is -1.75. The minimum absolute atomic E-state index is 0.0355. The van der Waals surface area contributed by atoms with Crippen molar-refractivity contribution in [1.82, 2.24) is 9.88 Å². The number of carbonyl (C=O) groups is 2. The molecule has 21 heavy (non-hydrogen) atoms. The molecule has 1 amide bonds. The second-order valence-electron chi connectivity index (χ2n) is 6.82. The number of thiazole rings is 1.